The molecule has 6 nitrogen and oxygen atoms in total. The van der Waals surface area contributed by atoms with E-state index in [1.165, 1.54) is 18.4 Å². The van der Waals surface area contributed by atoms with Gasteiger partial charge in [-0.1, -0.05) is 0 Å². The fraction of sp³-hybridized carbons (Fsp3) is 0.529. The number of ether oxygens (including phenoxy) is 2. The minimum Gasteiger partial charge on any atom is -0.496 e. The lowest BCUT2D eigenvalue weighted by molar-refractivity contribution is -0.143. The summed E-state index contributed by atoms with van der Waals surface area (Å²) in [7, 11) is 1.52. The van der Waals surface area contributed by atoms with E-state index in [-0.39, 0.29) is 12.5 Å². The van der Waals surface area contributed by atoms with Crippen LogP contribution in [-0.2, 0) is 11.3 Å². The summed E-state index contributed by atoms with van der Waals surface area (Å²) in [6.45, 7) is 3.02. The maximum Gasteiger partial charge on any atom is 0.408 e. The van der Waals surface area contributed by atoms with Gasteiger partial charge >= 0.3 is 6.18 Å². The van der Waals surface area contributed by atoms with E-state index in [4.69, 9.17) is 9.47 Å². The highest BCUT2D eigenvalue weighted by Gasteiger charge is 2.36. The molecule has 148 valence electrons. The van der Waals surface area contributed by atoms with Gasteiger partial charge in [-0.05, 0) is 13.8 Å². The first-order valence-corrected chi connectivity index (χ1v) is 9.21. The van der Waals surface area contributed by atoms with Gasteiger partial charge in [0.1, 0.15) is 12.3 Å². The molecule has 1 aliphatic heterocycles. The van der Waals surface area contributed by atoms with Gasteiger partial charge in [0.25, 0.3) is 5.91 Å². The van der Waals surface area contributed by atoms with Crippen LogP contribution in [0.15, 0.2) is 11.4 Å². The summed E-state index contributed by atoms with van der Waals surface area (Å²) in [6.07, 6.45) is -4.37. The highest BCUT2D eigenvalue weighted by molar-refractivity contribution is 7.12. The van der Waals surface area contributed by atoms with Gasteiger partial charge in [0.15, 0.2) is 0 Å². The van der Waals surface area contributed by atoms with Crippen LogP contribution in [0.1, 0.15) is 32.7 Å². The Labute approximate surface area is 158 Å². The van der Waals surface area contributed by atoms with E-state index in [0.29, 0.717) is 40.7 Å². The van der Waals surface area contributed by atoms with E-state index in [2.05, 4.69) is 5.10 Å². The Balaban J connectivity index is 1.93. The van der Waals surface area contributed by atoms with Crippen molar-refractivity contribution in [2.45, 2.75) is 32.6 Å². The monoisotopic (exact) mass is 403 g/mol. The molecule has 10 heteroatoms. The number of amides is 1. The predicted octanol–water partition coefficient (Wildman–Crippen LogP) is 3.35. The topological polar surface area (TPSA) is 56.6 Å². The zero-order valence-electron chi connectivity index (χ0n) is 15.2. The van der Waals surface area contributed by atoms with Crippen LogP contribution in [0.25, 0.3) is 0 Å². The molecule has 0 radical (unpaired) electrons. The average molecular weight is 403 g/mol. The molecule has 0 unspecified atom stereocenters. The second-order valence-corrected chi connectivity index (χ2v) is 7.21. The van der Waals surface area contributed by atoms with E-state index in [9.17, 15) is 18.0 Å². The summed E-state index contributed by atoms with van der Waals surface area (Å²) in [5, 5.41) is 5.78. The zero-order chi connectivity index (χ0) is 19.8. The molecule has 1 amide bonds. The number of hydrogen-bond acceptors (Lipinski definition) is 5. The Kier molecular flexibility index (Phi) is 5.48. The molecule has 0 spiro atoms. The minimum absolute atomic E-state index is 0.195. The largest absolute Gasteiger partial charge is 0.496 e. The third-order valence-electron chi connectivity index (χ3n) is 4.51. The molecular weight excluding hydrogens is 383 g/mol. The van der Waals surface area contributed by atoms with E-state index in [1.54, 1.807) is 30.2 Å². The third kappa shape index (κ3) is 4.11. The Morgan fingerprint density at radius 3 is 2.81 bits per heavy atom. The summed E-state index contributed by atoms with van der Waals surface area (Å²) in [6, 6.07) is 1.17. The van der Waals surface area contributed by atoms with Crippen LogP contribution in [0.3, 0.4) is 0 Å². The van der Waals surface area contributed by atoms with Gasteiger partial charge in [0.05, 0.1) is 36.9 Å². The molecule has 0 aromatic carbocycles. The molecule has 3 rings (SSSR count). The van der Waals surface area contributed by atoms with Crippen molar-refractivity contribution in [3.8, 4) is 5.75 Å². The first-order chi connectivity index (χ1) is 12.7. The van der Waals surface area contributed by atoms with Crippen LogP contribution < -0.4 is 4.74 Å². The molecule has 1 atom stereocenters. The average Bonchev–Trinajstić information content (AvgIpc) is 3.18. The molecule has 27 heavy (non-hydrogen) atoms. The first-order valence-electron chi connectivity index (χ1n) is 8.33. The SMILES string of the molecule is COc1csc(C(=O)N2CCOC[C@H]2c2c(C)nn(CC(F)(F)F)c2C)c1. The van der Waals surface area contributed by atoms with Gasteiger partial charge in [-0.2, -0.15) is 18.3 Å². The fourth-order valence-electron chi connectivity index (χ4n) is 3.28. The second-order valence-electron chi connectivity index (χ2n) is 6.30. The van der Waals surface area contributed by atoms with Crippen molar-refractivity contribution in [2.75, 3.05) is 26.9 Å². The van der Waals surface area contributed by atoms with Crippen molar-refractivity contribution < 1.29 is 27.4 Å². The molecule has 1 saturated heterocycles. The molecule has 1 fully saturated rings. The van der Waals surface area contributed by atoms with Gasteiger partial charge in [-0.25, -0.2) is 0 Å². The third-order valence-corrected chi connectivity index (χ3v) is 5.41. The number of hydrogen-bond donors (Lipinski definition) is 0. The molecule has 0 aliphatic carbocycles. The summed E-state index contributed by atoms with van der Waals surface area (Å²) < 4.78 is 50.0. The van der Waals surface area contributed by atoms with Crippen molar-refractivity contribution >= 4 is 17.2 Å². The number of halogens is 3. The normalized spacial score (nSPS) is 18.0. The number of methoxy groups -OCH3 is 1. The maximum atomic E-state index is 13.0. The highest BCUT2D eigenvalue weighted by atomic mass is 32.1. The van der Waals surface area contributed by atoms with Gasteiger partial charge < -0.3 is 14.4 Å². The Bertz CT molecular complexity index is 831. The van der Waals surface area contributed by atoms with Gasteiger partial charge in [-0.3, -0.25) is 9.48 Å². The van der Waals surface area contributed by atoms with Crippen molar-refractivity contribution in [2.24, 2.45) is 0 Å². The van der Waals surface area contributed by atoms with Crippen molar-refractivity contribution in [1.29, 1.82) is 0 Å². The number of aryl methyl sites for hydroxylation is 1. The molecule has 3 heterocycles. The zero-order valence-corrected chi connectivity index (χ0v) is 16.0. The van der Waals surface area contributed by atoms with Crippen LogP contribution in [0.4, 0.5) is 13.2 Å². The summed E-state index contributed by atoms with van der Waals surface area (Å²) in [4.78, 5) is 15.1. The standard InChI is InChI=1S/C17H20F3N3O3S/c1-10-15(11(2)23(21-10)9-17(18,19)20)13-7-26-5-4-22(13)16(24)14-6-12(25-3)8-27-14/h6,8,13H,4-5,7,9H2,1-3H3/t13-/m0/s1. The van der Waals surface area contributed by atoms with Crippen LogP contribution in [-0.4, -0.2) is 53.6 Å². The van der Waals surface area contributed by atoms with E-state index >= 15 is 0 Å². The molecule has 0 bridgehead atoms. The number of aromatic nitrogens is 2. The minimum atomic E-state index is -4.37. The number of alkyl halides is 3. The molecule has 2 aromatic heterocycles. The Morgan fingerprint density at radius 1 is 1.44 bits per heavy atom. The number of rotatable bonds is 4. The van der Waals surface area contributed by atoms with Crippen LogP contribution in [0.5, 0.6) is 5.75 Å². The molecule has 2 aromatic rings. The highest BCUT2D eigenvalue weighted by Crippen LogP contribution is 2.33. The van der Waals surface area contributed by atoms with Crippen molar-refractivity contribution in [1.82, 2.24) is 14.7 Å². The number of morpholine rings is 1. The maximum absolute atomic E-state index is 13.0. The van der Waals surface area contributed by atoms with E-state index < -0.39 is 18.8 Å². The Morgan fingerprint density at radius 2 is 2.19 bits per heavy atom. The summed E-state index contributed by atoms with van der Waals surface area (Å²) >= 11 is 1.27. The fourth-order valence-corrected chi connectivity index (χ4v) is 4.09. The van der Waals surface area contributed by atoms with E-state index in [1.807, 2.05) is 0 Å². The van der Waals surface area contributed by atoms with Gasteiger partial charge in [-0.15, -0.1) is 11.3 Å². The number of nitrogens with zero attached hydrogens (tertiary/aromatic N) is 3. The quantitative estimate of drug-likeness (QED) is 0.786. The smallest absolute Gasteiger partial charge is 0.408 e. The summed E-state index contributed by atoms with van der Waals surface area (Å²) in [5.74, 6) is 0.400. The number of carbonyl (C=O) groups excluding carboxylic acids is 1. The molecule has 1 aliphatic rings. The van der Waals surface area contributed by atoms with Gasteiger partial charge in [0, 0.05) is 29.2 Å². The van der Waals surface area contributed by atoms with Gasteiger partial charge in [0.2, 0.25) is 0 Å². The first kappa shape index (κ1) is 19.7. The molecular formula is C17H20F3N3O3S. The summed E-state index contributed by atoms with van der Waals surface area (Å²) in [5.41, 5.74) is 1.46. The number of carbonyl (C=O) groups is 1. The van der Waals surface area contributed by atoms with Crippen LogP contribution >= 0.6 is 11.3 Å². The lowest BCUT2D eigenvalue weighted by Gasteiger charge is -2.35. The molecule has 0 N–H and O–H groups in total. The second kappa shape index (κ2) is 7.51. The lowest BCUT2D eigenvalue weighted by atomic mass is 10.0. The van der Waals surface area contributed by atoms with Crippen molar-refractivity contribution in [3.05, 3.63) is 33.3 Å². The molecule has 0 saturated carbocycles. The Hall–Kier alpha value is -2.07. The van der Waals surface area contributed by atoms with E-state index in [0.717, 1.165) is 4.68 Å². The lowest BCUT2D eigenvalue weighted by Crippen LogP contribution is -2.43. The van der Waals surface area contributed by atoms with Crippen LogP contribution in [0.2, 0.25) is 0 Å². The van der Waals surface area contributed by atoms with Crippen molar-refractivity contribution in [3.63, 3.8) is 0 Å². The predicted molar refractivity (Wildman–Crippen MR) is 93.2 cm³/mol. The number of thiophene rings is 1. The van der Waals surface area contributed by atoms with Crippen LogP contribution in [0, 0.1) is 13.8 Å².